The summed E-state index contributed by atoms with van der Waals surface area (Å²) in [5.41, 5.74) is 2.39. The van der Waals surface area contributed by atoms with Crippen LogP contribution in [-0.4, -0.2) is 11.3 Å². The molecule has 0 nitrogen and oxygen atoms in total. The highest BCUT2D eigenvalue weighted by molar-refractivity contribution is 8.12. The molecule has 0 radical (unpaired) electrons. The number of rotatable bonds is 3. The lowest BCUT2D eigenvalue weighted by Gasteiger charge is -2.30. The van der Waals surface area contributed by atoms with Crippen molar-refractivity contribution in [2.45, 2.75) is 49.8 Å². The van der Waals surface area contributed by atoms with Crippen LogP contribution in [0.3, 0.4) is 0 Å². The second-order valence-electron chi connectivity index (χ2n) is 3.54. The minimum absolute atomic E-state index is 1.19. The minimum Gasteiger partial charge on any atom is -0.0958 e. The van der Waals surface area contributed by atoms with E-state index in [9.17, 15) is 0 Å². The van der Waals surface area contributed by atoms with Crippen LogP contribution in [0.2, 0.25) is 0 Å². The van der Waals surface area contributed by atoms with Crippen molar-refractivity contribution in [1.29, 1.82) is 0 Å². The van der Waals surface area contributed by atoms with E-state index in [4.69, 9.17) is 0 Å². The van der Waals surface area contributed by atoms with E-state index in [2.05, 4.69) is 0 Å². The second kappa shape index (κ2) is 3.51. The van der Waals surface area contributed by atoms with E-state index in [0.29, 0.717) is 0 Å². The van der Waals surface area contributed by atoms with Gasteiger partial charge in [0.15, 0.2) is 0 Å². The molecular formula is C8H16P2. The van der Waals surface area contributed by atoms with Gasteiger partial charge < -0.3 is 0 Å². The molecule has 10 heavy (non-hydrogen) atoms. The molecule has 0 aromatic heterocycles. The Kier molecular flexibility index (Phi) is 2.63. The van der Waals surface area contributed by atoms with E-state index in [1.807, 2.05) is 0 Å². The summed E-state index contributed by atoms with van der Waals surface area (Å²) in [5, 5.41) is 0. The zero-order chi connectivity index (χ0) is 6.81. The fourth-order valence-electron chi connectivity index (χ4n) is 1.34. The summed E-state index contributed by atoms with van der Waals surface area (Å²) in [6.07, 6.45) is 9.34. The molecule has 0 spiro atoms. The molecule has 0 N–H and O–H groups in total. The summed E-state index contributed by atoms with van der Waals surface area (Å²) >= 11 is 0. The Morgan fingerprint density at radius 2 is 1.10 bits per heavy atom. The second-order valence-corrected chi connectivity index (χ2v) is 7.49. The van der Waals surface area contributed by atoms with E-state index in [1.54, 1.807) is 25.7 Å². The molecule has 2 heteroatoms. The summed E-state index contributed by atoms with van der Waals surface area (Å²) in [6.45, 7) is 0. The van der Waals surface area contributed by atoms with Crippen LogP contribution in [0.25, 0.3) is 0 Å². The average molecular weight is 174 g/mol. The van der Waals surface area contributed by atoms with Gasteiger partial charge in [-0.25, -0.2) is 0 Å². The Morgan fingerprint density at radius 3 is 1.30 bits per heavy atom. The van der Waals surface area contributed by atoms with Crippen LogP contribution in [0.1, 0.15) is 38.5 Å². The molecule has 2 saturated carbocycles. The van der Waals surface area contributed by atoms with Gasteiger partial charge in [0, 0.05) is 0 Å². The van der Waals surface area contributed by atoms with Crippen LogP contribution in [0, 0.1) is 0 Å². The molecule has 58 valence electrons. The highest BCUT2D eigenvalue weighted by atomic mass is 32.0. The first-order chi connectivity index (χ1) is 4.95. The Morgan fingerprint density at radius 1 is 0.700 bits per heavy atom. The molecule has 0 bridgehead atoms. The van der Waals surface area contributed by atoms with Crippen LogP contribution < -0.4 is 0 Å². The summed E-state index contributed by atoms with van der Waals surface area (Å²) in [6, 6.07) is 0. The molecule has 0 aromatic carbocycles. The summed E-state index contributed by atoms with van der Waals surface area (Å²) in [5.74, 6) is 0. The molecule has 2 aliphatic rings. The topological polar surface area (TPSA) is 0 Å². The summed E-state index contributed by atoms with van der Waals surface area (Å²) < 4.78 is 0. The zero-order valence-corrected chi connectivity index (χ0v) is 8.40. The van der Waals surface area contributed by atoms with Crippen LogP contribution in [0.5, 0.6) is 0 Å². The van der Waals surface area contributed by atoms with E-state index >= 15 is 0 Å². The predicted molar refractivity (Wildman–Crippen MR) is 51.9 cm³/mol. The van der Waals surface area contributed by atoms with Gasteiger partial charge in [0.05, 0.1) is 0 Å². The lowest BCUT2D eigenvalue weighted by molar-refractivity contribution is 0.515. The molecule has 0 heterocycles. The highest BCUT2D eigenvalue weighted by Gasteiger charge is 2.21. The van der Waals surface area contributed by atoms with Gasteiger partial charge in [0.1, 0.15) is 0 Å². The van der Waals surface area contributed by atoms with E-state index in [1.165, 1.54) is 40.7 Å². The number of hydrogen-bond acceptors (Lipinski definition) is 0. The Bertz CT molecular complexity index is 91.8. The SMILES string of the molecule is C1CC(PPC2CCC2)C1. The van der Waals surface area contributed by atoms with Crippen molar-refractivity contribution in [3.63, 3.8) is 0 Å². The third-order valence-electron chi connectivity index (χ3n) is 2.70. The normalized spacial score (nSPS) is 30.0. The van der Waals surface area contributed by atoms with Crippen LogP contribution in [-0.2, 0) is 0 Å². The van der Waals surface area contributed by atoms with Gasteiger partial charge >= 0.3 is 0 Å². The molecule has 2 unspecified atom stereocenters. The van der Waals surface area contributed by atoms with Gasteiger partial charge in [-0.15, -0.1) is 0 Å². The maximum absolute atomic E-state index is 1.57. The molecule has 2 atom stereocenters. The fraction of sp³-hybridized carbons (Fsp3) is 1.00. The lowest BCUT2D eigenvalue weighted by Crippen LogP contribution is -2.13. The molecule has 2 aliphatic carbocycles. The van der Waals surface area contributed by atoms with Crippen LogP contribution in [0.4, 0.5) is 0 Å². The van der Waals surface area contributed by atoms with Gasteiger partial charge in [-0.1, -0.05) is 29.4 Å². The summed E-state index contributed by atoms with van der Waals surface area (Å²) in [7, 11) is 2.72. The maximum Gasteiger partial charge on any atom is -0.0200 e. The maximum atomic E-state index is 1.57. The first-order valence-corrected chi connectivity index (χ1v) is 7.62. The third-order valence-corrected chi connectivity index (χ3v) is 7.79. The van der Waals surface area contributed by atoms with Gasteiger partial charge in [-0.05, 0) is 37.0 Å². The Balaban J connectivity index is 1.54. The van der Waals surface area contributed by atoms with Crippen LogP contribution >= 0.6 is 16.5 Å². The van der Waals surface area contributed by atoms with Gasteiger partial charge in [-0.3, -0.25) is 0 Å². The smallest absolute Gasteiger partial charge is 0.0200 e. The molecule has 0 aliphatic heterocycles. The van der Waals surface area contributed by atoms with E-state index in [0.717, 1.165) is 0 Å². The standard InChI is InChI=1S/C8H16P2/c1-3-7(4-1)9-10-8-5-2-6-8/h7-10H,1-6H2. The van der Waals surface area contributed by atoms with Gasteiger partial charge in [0.25, 0.3) is 0 Å². The minimum atomic E-state index is 1.19. The lowest BCUT2D eigenvalue weighted by atomic mass is 10.00. The molecule has 2 rings (SSSR count). The number of hydrogen-bond donors (Lipinski definition) is 0. The van der Waals surface area contributed by atoms with Crippen molar-refractivity contribution >= 4 is 16.5 Å². The Hall–Kier alpha value is 0.860. The highest BCUT2D eigenvalue weighted by Crippen LogP contribution is 2.55. The summed E-state index contributed by atoms with van der Waals surface area (Å²) in [4.78, 5) is 0. The fourth-order valence-corrected chi connectivity index (χ4v) is 6.35. The first kappa shape index (κ1) is 7.51. The van der Waals surface area contributed by atoms with Crippen molar-refractivity contribution in [1.82, 2.24) is 0 Å². The first-order valence-electron chi connectivity index (χ1n) is 4.46. The molecule has 0 saturated heterocycles. The zero-order valence-electron chi connectivity index (χ0n) is 6.40. The van der Waals surface area contributed by atoms with Crippen molar-refractivity contribution in [2.24, 2.45) is 0 Å². The molecule has 2 fully saturated rings. The predicted octanol–water partition coefficient (Wildman–Crippen LogP) is 3.36. The third kappa shape index (κ3) is 1.72. The molecule has 0 aromatic rings. The van der Waals surface area contributed by atoms with Crippen LogP contribution in [0.15, 0.2) is 0 Å². The van der Waals surface area contributed by atoms with Crippen molar-refractivity contribution < 1.29 is 0 Å². The van der Waals surface area contributed by atoms with Crippen molar-refractivity contribution in [3.8, 4) is 0 Å². The average Bonchev–Trinajstić information content (AvgIpc) is 1.70. The van der Waals surface area contributed by atoms with Gasteiger partial charge in [0.2, 0.25) is 0 Å². The van der Waals surface area contributed by atoms with Crippen molar-refractivity contribution in [2.75, 3.05) is 0 Å². The molecule has 0 amide bonds. The monoisotopic (exact) mass is 174 g/mol. The van der Waals surface area contributed by atoms with Crippen molar-refractivity contribution in [3.05, 3.63) is 0 Å². The molecular weight excluding hydrogens is 158 g/mol. The van der Waals surface area contributed by atoms with Gasteiger partial charge in [-0.2, -0.15) is 0 Å². The largest absolute Gasteiger partial charge is 0.0958 e. The quantitative estimate of drug-likeness (QED) is 0.575. The Labute approximate surface area is 67.0 Å². The van der Waals surface area contributed by atoms with E-state index in [-0.39, 0.29) is 0 Å². The van der Waals surface area contributed by atoms with E-state index < -0.39 is 0 Å².